The molecule has 2 aromatic rings. The molecule has 0 unspecified atom stereocenters. The zero-order valence-corrected chi connectivity index (χ0v) is 9.88. The maximum atomic E-state index is 12.6. The van der Waals surface area contributed by atoms with Gasteiger partial charge in [-0.05, 0) is 6.07 Å². The molecule has 0 saturated heterocycles. The second-order valence-electron chi connectivity index (χ2n) is 3.88. The van der Waals surface area contributed by atoms with E-state index in [1.165, 1.54) is 12.4 Å². The van der Waals surface area contributed by atoms with Crippen molar-refractivity contribution in [2.45, 2.75) is 26.4 Å². The molecule has 6 heteroatoms. The first-order valence-electron chi connectivity index (χ1n) is 5.60. The molecule has 0 amide bonds. The molecule has 0 atom stereocenters. The van der Waals surface area contributed by atoms with Gasteiger partial charge in [0.05, 0.1) is 6.54 Å². The van der Waals surface area contributed by atoms with Gasteiger partial charge < -0.3 is 4.57 Å². The normalized spacial score (nSPS) is 11.1. The zero-order valence-electron chi connectivity index (χ0n) is 9.88. The van der Waals surface area contributed by atoms with Gasteiger partial charge >= 0.3 is 6.55 Å². The lowest BCUT2D eigenvalue weighted by atomic mass is 10.2. The molecule has 0 aliphatic rings. The molecule has 0 aliphatic heterocycles. The number of carbonyl (C=O) groups excluding carboxylic acids is 1. The Labute approximate surface area is 103 Å². The van der Waals surface area contributed by atoms with Gasteiger partial charge in [0.2, 0.25) is 0 Å². The van der Waals surface area contributed by atoms with Gasteiger partial charge in [0.1, 0.15) is 5.82 Å². The standard InChI is InChI=1S/C12H13F2N3O/c1-2-10(18)9-3-5-16(7-9)8-11-15-4-6-17(11)12(13)14/h3-7,12H,2,8H2,1H3. The SMILES string of the molecule is CCC(=O)c1ccn(Cc2nccn2C(F)F)c1. The fourth-order valence-corrected chi connectivity index (χ4v) is 1.72. The van der Waals surface area contributed by atoms with E-state index in [9.17, 15) is 13.6 Å². The summed E-state index contributed by atoms with van der Waals surface area (Å²) in [5.41, 5.74) is 0.590. The van der Waals surface area contributed by atoms with Crippen molar-refractivity contribution in [3.63, 3.8) is 0 Å². The molecule has 2 aromatic heterocycles. The van der Waals surface area contributed by atoms with E-state index in [0.717, 1.165) is 4.57 Å². The summed E-state index contributed by atoms with van der Waals surface area (Å²) < 4.78 is 27.7. The second-order valence-corrected chi connectivity index (χ2v) is 3.88. The van der Waals surface area contributed by atoms with Crippen molar-refractivity contribution in [2.24, 2.45) is 0 Å². The highest BCUT2D eigenvalue weighted by Gasteiger charge is 2.12. The lowest BCUT2D eigenvalue weighted by molar-refractivity contribution is 0.0667. The van der Waals surface area contributed by atoms with Crippen molar-refractivity contribution < 1.29 is 13.6 Å². The fraction of sp³-hybridized carbons (Fsp3) is 0.333. The van der Waals surface area contributed by atoms with E-state index in [1.54, 1.807) is 30.0 Å². The number of aromatic nitrogens is 3. The number of ketones is 1. The van der Waals surface area contributed by atoms with Crippen LogP contribution in [0.25, 0.3) is 0 Å². The van der Waals surface area contributed by atoms with Crippen LogP contribution in [-0.4, -0.2) is 19.9 Å². The molecule has 0 saturated carbocycles. The van der Waals surface area contributed by atoms with Crippen molar-refractivity contribution in [1.82, 2.24) is 14.1 Å². The molecule has 0 radical (unpaired) electrons. The quantitative estimate of drug-likeness (QED) is 0.768. The molecule has 0 aliphatic carbocycles. The molecule has 2 rings (SSSR count). The number of Topliss-reactive ketones (excluding diaryl/α,β-unsaturated/α-hetero) is 1. The van der Waals surface area contributed by atoms with E-state index in [0.29, 0.717) is 12.0 Å². The van der Waals surface area contributed by atoms with Gasteiger partial charge in [0.25, 0.3) is 0 Å². The number of nitrogens with zero attached hydrogens (tertiary/aromatic N) is 3. The summed E-state index contributed by atoms with van der Waals surface area (Å²) >= 11 is 0. The molecule has 0 aromatic carbocycles. The third-order valence-electron chi connectivity index (χ3n) is 2.68. The van der Waals surface area contributed by atoms with Crippen LogP contribution >= 0.6 is 0 Å². The topological polar surface area (TPSA) is 39.8 Å². The maximum absolute atomic E-state index is 12.6. The van der Waals surface area contributed by atoms with Crippen LogP contribution in [0.4, 0.5) is 8.78 Å². The largest absolute Gasteiger partial charge is 0.346 e. The molecular weight excluding hydrogens is 240 g/mol. The summed E-state index contributed by atoms with van der Waals surface area (Å²) in [4.78, 5) is 15.3. The van der Waals surface area contributed by atoms with Crippen molar-refractivity contribution >= 4 is 5.78 Å². The molecule has 18 heavy (non-hydrogen) atoms. The molecule has 4 nitrogen and oxygen atoms in total. The third-order valence-corrected chi connectivity index (χ3v) is 2.68. The minimum Gasteiger partial charge on any atom is -0.346 e. The maximum Gasteiger partial charge on any atom is 0.319 e. The lowest BCUT2D eigenvalue weighted by Crippen LogP contribution is -2.08. The van der Waals surface area contributed by atoms with E-state index in [1.807, 2.05) is 0 Å². The van der Waals surface area contributed by atoms with E-state index >= 15 is 0 Å². The molecule has 96 valence electrons. The Bertz CT molecular complexity index is 545. The Morgan fingerprint density at radius 2 is 2.22 bits per heavy atom. The number of alkyl halides is 2. The Balaban J connectivity index is 2.16. The molecule has 0 fully saturated rings. The Kier molecular flexibility index (Phi) is 3.55. The van der Waals surface area contributed by atoms with Gasteiger partial charge in [0, 0.05) is 36.8 Å². The first kappa shape index (κ1) is 12.5. The minimum absolute atomic E-state index is 0.0333. The molecule has 2 heterocycles. The molecule has 0 spiro atoms. The van der Waals surface area contributed by atoms with E-state index in [4.69, 9.17) is 0 Å². The van der Waals surface area contributed by atoms with Gasteiger partial charge in [-0.25, -0.2) is 4.98 Å². The van der Waals surface area contributed by atoms with Crippen molar-refractivity contribution in [1.29, 1.82) is 0 Å². The van der Waals surface area contributed by atoms with Crippen LogP contribution in [0.5, 0.6) is 0 Å². The predicted octanol–water partition coefficient (Wildman–Crippen LogP) is 2.72. The van der Waals surface area contributed by atoms with Gasteiger partial charge in [-0.15, -0.1) is 0 Å². The number of imidazole rings is 1. The summed E-state index contributed by atoms with van der Waals surface area (Å²) in [6.45, 7) is -0.604. The first-order valence-corrected chi connectivity index (χ1v) is 5.60. The fourth-order valence-electron chi connectivity index (χ4n) is 1.72. The summed E-state index contributed by atoms with van der Waals surface area (Å²) in [5.74, 6) is 0.294. The lowest BCUT2D eigenvalue weighted by Gasteiger charge is -2.06. The van der Waals surface area contributed by atoms with Crippen LogP contribution in [0.3, 0.4) is 0 Å². The number of carbonyl (C=O) groups is 1. The van der Waals surface area contributed by atoms with E-state index < -0.39 is 6.55 Å². The Hall–Kier alpha value is -1.98. The number of hydrogen-bond donors (Lipinski definition) is 0. The first-order chi connectivity index (χ1) is 8.61. The summed E-state index contributed by atoms with van der Waals surface area (Å²) in [6, 6.07) is 1.68. The number of halogens is 2. The van der Waals surface area contributed by atoms with Crippen molar-refractivity contribution in [3.8, 4) is 0 Å². The number of rotatable bonds is 5. The van der Waals surface area contributed by atoms with E-state index in [-0.39, 0.29) is 18.2 Å². The van der Waals surface area contributed by atoms with Gasteiger partial charge in [-0.3, -0.25) is 9.36 Å². The van der Waals surface area contributed by atoms with E-state index in [2.05, 4.69) is 4.98 Å². The summed E-state index contributed by atoms with van der Waals surface area (Å²) in [7, 11) is 0. The molecule has 0 N–H and O–H groups in total. The van der Waals surface area contributed by atoms with Gasteiger partial charge in [-0.2, -0.15) is 8.78 Å². The van der Waals surface area contributed by atoms with Crippen molar-refractivity contribution in [2.75, 3.05) is 0 Å². The number of hydrogen-bond acceptors (Lipinski definition) is 2. The monoisotopic (exact) mass is 253 g/mol. The highest BCUT2D eigenvalue weighted by molar-refractivity contribution is 5.95. The van der Waals surface area contributed by atoms with Crippen LogP contribution in [0.2, 0.25) is 0 Å². The zero-order chi connectivity index (χ0) is 13.1. The van der Waals surface area contributed by atoms with Crippen LogP contribution < -0.4 is 0 Å². The van der Waals surface area contributed by atoms with Crippen LogP contribution in [0.1, 0.15) is 36.1 Å². The highest BCUT2D eigenvalue weighted by Crippen LogP contribution is 2.14. The molecule has 0 bridgehead atoms. The van der Waals surface area contributed by atoms with Crippen LogP contribution in [-0.2, 0) is 6.54 Å². The average molecular weight is 253 g/mol. The van der Waals surface area contributed by atoms with Gasteiger partial charge in [-0.1, -0.05) is 6.92 Å². The second kappa shape index (κ2) is 5.12. The smallest absolute Gasteiger partial charge is 0.319 e. The molecular formula is C12H13F2N3O. The minimum atomic E-state index is -2.60. The third kappa shape index (κ3) is 2.47. The van der Waals surface area contributed by atoms with Gasteiger partial charge in [0.15, 0.2) is 5.78 Å². The van der Waals surface area contributed by atoms with Crippen LogP contribution in [0, 0.1) is 0 Å². The highest BCUT2D eigenvalue weighted by atomic mass is 19.3. The van der Waals surface area contributed by atoms with Crippen LogP contribution in [0.15, 0.2) is 30.9 Å². The van der Waals surface area contributed by atoms with Crippen molar-refractivity contribution in [3.05, 3.63) is 42.2 Å². The average Bonchev–Trinajstić information content (AvgIpc) is 2.97. The predicted molar refractivity (Wildman–Crippen MR) is 61.6 cm³/mol. The summed E-state index contributed by atoms with van der Waals surface area (Å²) in [5, 5.41) is 0. The summed E-state index contributed by atoms with van der Waals surface area (Å²) in [6.07, 6.45) is 6.34. The Morgan fingerprint density at radius 3 is 2.89 bits per heavy atom. The Morgan fingerprint density at radius 1 is 1.44 bits per heavy atom.